The van der Waals surface area contributed by atoms with Gasteiger partial charge in [-0.1, -0.05) is 20.8 Å². The zero-order valence-electron chi connectivity index (χ0n) is 12.2. The second-order valence-electron chi connectivity index (χ2n) is 6.11. The normalized spacial score (nSPS) is 22.4. The van der Waals surface area contributed by atoms with Gasteiger partial charge in [-0.05, 0) is 0 Å². The van der Waals surface area contributed by atoms with E-state index in [-0.39, 0.29) is 18.4 Å². The van der Waals surface area contributed by atoms with Crippen LogP contribution in [0.4, 0.5) is 9.93 Å². The summed E-state index contributed by atoms with van der Waals surface area (Å²) in [5, 5.41) is 23.5. The number of carbonyl (C=O) groups is 2. The molecule has 1 aliphatic rings. The van der Waals surface area contributed by atoms with Crippen LogP contribution in [0.15, 0.2) is 5.38 Å². The Morgan fingerprint density at radius 3 is 2.67 bits per heavy atom. The van der Waals surface area contributed by atoms with Crippen LogP contribution < -0.4 is 5.32 Å². The Hall–Kier alpha value is -1.67. The summed E-state index contributed by atoms with van der Waals surface area (Å²) in [7, 11) is 0. The second-order valence-corrected chi connectivity index (χ2v) is 6.97. The third-order valence-electron chi connectivity index (χ3n) is 3.31. The van der Waals surface area contributed by atoms with Gasteiger partial charge in [-0.3, -0.25) is 5.32 Å². The Balaban J connectivity index is 2.07. The molecular weight excluding hydrogens is 294 g/mol. The number of β-amino-alcohol motifs (C(OH)–C–C–N with tert-alkyl or cyclic N) is 1. The van der Waals surface area contributed by atoms with Crippen molar-refractivity contribution in [3.05, 3.63) is 11.1 Å². The van der Waals surface area contributed by atoms with Crippen molar-refractivity contribution in [2.24, 2.45) is 0 Å². The van der Waals surface area contributed by atoms with Gasteiger partial charge in [-0.15, -0.1) is 11.3 Å². The lowest BCUT2D eigenvalue weighted by atomic mass is 9.93. The number of anilines is 1. The summed E-state index contributed by atoms with van der Waals surface area (Å²) in [4.78, 5) is 28.7. The summed E-state index contributed by atoms with van der Waals surface area (Å²) in [6.45, 7) is 6.07. The van der Waals surface area contributed by atoms with Gasteiger partial charge >= 0.3 is 12.0 Å². The first kappa shape index (κ1) is 15.7. The Bertz CT molecular complexity index is 552. The molecule has 1 aliphatic heterocycles. The maximum absolute atomic E-state index is 12.1. The minimum absolute atomic E-state index is 0.0142. The zero-order valence-corrected chi connectivity index (χ0v) is 13.0. The lowest BCUT2D eigenvalue weighted by molar-refractivity contribution is -0.141. The van der Waals surface area contributed by atoms with Crippen LogP contribution in [0.3, 0.4) is 0 Å². The maximum Gasteiger partial charge on any atom is 0.326 e. The third-order valence-corrected chi connectivity index (χ3v) is 4.07. The number of carboxylic acids is 1. The molecule has 0 aromatic carbocycles. The van der Waals surface area contributed by atoms with E-state index in [1.54, 1.807) is 0 Å². The molecule has 1 fully saturated rings. The number of aliphatic hydroxyl groups excluding tert-OH is 1. The van der Waals surface area contributed by atoms with Crippen LogP contribution in [-0.2, 0) is 10.2 Å². The predicted octanol–water partition coefficient (Wildman–Crippen LogP) is 1.49. The fourth-order valence-corrected chi connectivity index (χ4v) is 3.04. The van der Waals surface area contributed by atoms with Crippen LogP contribution in [0.25, 0.3) is 0 Å². The Morgan fingerprint density at radius 1 is 1.48 bits per heavy atom. The highest BCUT2D eigenvalue weighted by atomic mass is 32.1. The maximum atomic E-state index is 12.1. The highest BCUT2D eigenvalue weighted by Gasteiger charge is 2.39. The molecule has 2 rings (SSSR count). The number of nitrogens with zero attached hydrogens (tertiary/aromatic N) is 2. The largest absolute Gasteiger partial charge is 0.480 e. The van der Waals surface area contributed by atoms with Crippen molar-refractivity contribution in [3.8, 4) is 0 Å². The number of carboxylic acid groups (broad SMARTS) is 1. The van der Waals surface area contributed by atoms with Crippen molar-refractivity contribution in [1.82, 2.24) is 9.88 Å². The number of aromatic nitrogens is 1. The van der Waals surface area contributed by atoms with Crippen molar-refractivity contribution >= 4 is 28.5 Å². The van der Waals surface area contributed by atoms with E-state index in [0.717, 1.165) is 10.6 Å². The van der Waals surface area contributed by atoms with Gasteiger partial charge in [0.25, 0.3) is 0 Å². The van der Waals surface area contributed by atoms with Gasteiger partial charge in [0.05, 0.1) is 11.8 Å². The number of likely N-dealkylation sites (tertiary alicyclic amines) is 1. The summed E-state index contributed by atoms with van der Waals surface area (Å²) >= 11 is 1.29. The number of hydrogen-bond donors (Lipinski definition) is 3. The minimum Gasteiger partial charge on any atom is -0.480 e. The minimum atomic E-state index is -1.11. The van der Waals surface area contributed by atoms with Crippen LogP contribution in [0, 0.1) is 0 Å². The van der Waals surface area contributed by atoms with Gasteiger partial charge < -0.3 is 15.1 Å². The average molecular weight is 313 g/mol. The fraction of sp³-hybridized carbons (Fsp3) is 0.615. The topological polar surface area (TPSA) is 103 Å². The number of amides is 2. The number of aliphatic carboxylic acids is 1. The van der Waals surface area contributed by atoms with Gasteiger partial charge in [-0.2, -0.15) is 0 Å². The van der Waals surface area contributed by atoms with Gasteiger partial charge in [0.15, 0.2) is 5.13 Å². The molecule has 116 valence electrons. The van der Waals surface area contributed by atoms with E-state index < -0.39 is 24.1 Å². The van der Waals surface area contributed by atoms with E-state index in [0.29, 0.717) is 5.13 Å². The Kier molecular flexibility index (Phi) is 4.20. The smallest absolute Gasteiger partial charge is 0.326 e. The van der Waals surface area contributed by atoms with Crippen LogP contribution in [0.2, 0.25) is 0 Å². The lowest BCUT2D eigenvalue weighted by Gasteiger charge is -2.20. The number of thiazole rings is 1. The molecular formula is C13H19N3O4S. The van der Waals surface area contributed by atoms with Crippen LogP contribution in [0.1, 0.15) is 32.9 Å². The van der Waals surface area contributed by atoms with E-state index in [9.17, 15) is 14.7 Å². The number of urea groups is 1. The molecule has 1 aromatic rings. The van der Waals surface area contributed by atoms with Crippen molar-refractivity contribution < 1.29 is 19.8 Å². The van der Waals surface area contributed by atoms with E-state index in [1.165, 1.54) is 11.3 Å². The highest BCUT2D eigenvalue weighted by molar-refractivity contribution is 7.13. The van der Waals surface area contributed by atoms with Crippen LogP contribution in [0.5, 0.6) is 0 Å². The van der Waals surface area contributed by atoms with Crippen LogP contribution >= 0.6 is 11.3 Å². The summed E-state index contributed by atoms with van der Waals surface area (Å²) < 4.78 is 0. The predicted molar refractivity (Wildman–Crippen MR) is 78.6 cm³/mol. The number of nitrogens with one attached hydrogen (secondary N) is 1. The fourth-order valence-electron chi connectivity index (χ4n) is 2.11. The van der Waals surface area contributed by atoms with Crippen molar-refractivity contribution in [3.63, 3.8) is 0 Å². The van der Waals surface area contributed by atoms with Gasteiger partial charge in [0.2, 0.25) is 0 Å². The average Bonchev–Trinajstić information content (AvgIpc) is 2.94. The quantitative estimate of drug-likeness (QED) is 0.767. The number of rotatable bonds is 2. The first-order valence-corrected chi connectivity index (χ1v) is 7.51. The van der Waals surface area contributed by atoms with Crippen molar-refractivity contribution in [2.75, 3.05) is 11.9 Å². The van der Waals surface area contributed by atoms with E-state index >= 15 is 0 Å². The van der Waals surface area contributed by atoms with Gasteiger partial charge in [0, 0.05) is 23.8 Å². The summed E-state index contributed by atoms with van der Waals surface area (Å²) in [6, 6.07) is -1.55. The Labute approximate surface area is 126 Å². The standard InChI is InChI=1S/C13H19N3O4S/c1-13(2,3)9-6-21-11(14-9)15-12(20)16-5-7(17)4-8(16)10(18)19/h6-8,17H,4-5H2,1-3H3,(H,18,19)(H,14,15,20)/t7?,8-/m0/s1. The molecule has 1 saturated heterocycles. The molecule has 1 aromatic heterocycles. The summed E-state index contributed by atoms with van der Waals surface area (Å²) in [5.74, 6) is -1.11. The third kappa shape index (κ3) is 3.51. The van der Waals surface area contributed by atoms with Crippen LogP contribution in [-0.4, -0.2) is 50.8 Å². The molecule has 21 heavy (non-hydrogen) atoms. The molecule has 0 spiro atoms. The molecule has 2 amide bonds. The number of hydrogen-bond acceptors (Lipinski definition) is 5. The van der Waals surface area contributed by atoms with Gasteiger partial charge in [-0.25, -0.2) is 14.6 Å². The molecule has 0 bridgehead atoms. The first-order chi connectivity index (χ1) is 9.68. The molecule has 0 aliphatic carbocycles. The van der Waals surface area contributed by atoms with E-state index in [2.05, 4.69) is 10.3 Å². The first-order valence-electron chi connectivity index (χ1n) is 6.63. The molecule has 8 heteroatoms. The van der Waals surface area contributed by atoms with Gasteiger partial charge in [0.1, 0.15) is 6.04 Å². The molecule has 2 atom stereocenters. The molecule has 2 heterocycles. The summed E-state index contributed by atoms with van der Waals surface area (Å²) in [6.07, 6.45) is -0.758. The van der Waals surface area contributed by atoms with Crippen molar-refractivity contribution in [2.45, 2.75) is 44.8 Å². The molecule has 7 nitrogen and oxygen atoms in total. The Morgan fingerprint density at radius 2 is 2.14 bits per heavy atom. The SMILES string of the molecule is CC(C)(C)c1csc(NC(=O)N2CC(O)C[C@H]2C(=O)O)n1. The summed E-state index contributed by atoms with van der Waals surface area (Å²) in [5.41, 5.74) is 0.742. The lowest BCUT2D eigenvalue weighted by Crippen LogP contribution is -2.43. The number of carbonyl (C=O) groups excluding carboxylic acids is 1. The monoisotopic (exact) mass is 313 g/mol. The molecule has 0 saturated carbocycles. The molecule has 3 N–H and O–H groups in total. The van der Waals surface area contributed by atoms with Crippen molar-refractivity contribution in [1.29, 1.82) is 0 Å². The number of aliphatic hydroxyl groups is 1. The zero-order chi connectivity index (χ0) is 15.8. The van der Waals surface area contributed by atoms with E-state index in [4.69, 9.17) is 5.11 Å². The molecule has 0 radical (unpaired) electrons. The second kappa shape index (κ2) is 5.61. The van der Waals surface area contributed by atoms with E-state index in [1.807, 2.05) is 26.2 Å². The highest BCUT2D eigenvalue weighted by Crippen LogP contribution is 2.27. The molecule has 1 unspecified atom stereocenters.